The first-order valence-corrected chi connectivity index (χ1v) is 28.5. The highest BCUT2D eigenvalue weighted by Gasteiger charge is 2.54. The fourth-order valence-electron chi connectivity index (χ4n) is 8.71. The van der Waals surface area contributed by atoms with Crippen LogP contribution in [0.5, 0.6) is 0 Å². The van der Waals surface area contributed by atoms with E-state index in [1.807, 2.05) is 29.2 Å². The largest absolute Gasteiger partial charge is 0.414 e. The maximum Gasteiger partial charge on any atom is 0.262 e. The highest BCUT2D eigenvalue weighted by Crippen LogP contribution is 2.56. The summed E-state index contributed by atoms with van der Waals surface area (Å²) >= 11 is 14.3. The number of allylic oxidation sites excluding steroid dienone is 1. The van der Waals surface area contributed by atoms with Crippen molar-refractivity contribution in [2.45, 2.75) is 129 Å². The van der Waals surface area contributed by atoms with Gasteiger partial charge < -0.3 is 18.7 Å². The lowest BCUT2D eigenvalue weighted by molar-refractivity contribution is -0.128. The molecule has 1 amide bonds. The number of aliphatic imine (C=N–C) groups is 1. The van der Waals surface area contributed by atoms with E-state index in [9.17, 15) is 0 Å². The Morgan fingerprint density at radius 1 is 0.806 bits per heavy atom. The van der Waals surface area contributed by atoms with Crippen molar-refractivity contribution in [3.8, 4) is 0 Å². The predicted molar refractivity (Wildman–Crippen MR) is 269 cm³/mol. The molecule has 62 heavy (non-hydrogen) atoms. The molecule has 0 spiro atoms. The van der Waals surface area contributed by atoms with Crippen LogP contribution in [-0.4, -0.2) is 62.8 Å². The van der Waals surface area contributed by atoms with Crippen LogP contribution in [0.2, 0.25) is 33.2 Å². The maximum atomic E-state index is 15.3. The third-order valence-electron chi connectivity index (χ3n) is 13.1. The van der Waals surface area contributed by atoms with Crippen LogP contribution in [0.1, 0.15) is 99.8 Å². The molecule has 3 atom stereocenters. The highest BCUT2D eigenvalue weighted by atomic mass is 35.5. The molecule has 332 valence electrons. The summed E-state index contributed by atoms with van der Waals surface area (Å²) in [7, 11) is -5.13. The first-order chi connectivity index (χ1) is 29.0. The second-order valence-electron chi connectivity index (χ2n) is 20.2. The molecule has 0 saturated heterocycles. The van der Waals surface area contributed by atoms with E-state index >= 15 is 4.79 Å². The number of fused-ring (bicyclic) bond motifs is 1. The molecule has 0 radical (unpaired) electrons. The number of amidine groups is 1. The van der Waals surface area contributed by atoms with Gasteiger partial charge in [-0.3, -0.25) is 4.79 Å². The number of thioether (sulfide) groups is 1. The Morgan fingerprint density at radius 2 is 1.32 bits per heavy atom. The molecule has 2 aliphatic heterocycles. The molecule has 0 N–H and O–H groups in total. The van der Waals surface area contributed by atoms with Gasteiger partial charge in [-0.1, -0.05) is 164 Å². The molecule has 2 unspecified atom stereocenters. The Morgan fingerprint density at radius 3 is 1.79 bits per heavy atom. The van der Waals surface area contributed by atoms with Crippen LogP contribution >= 0.6 is 35.0 Å². The molecule has 0 aromatic heterocycles. The van der Waals surface area contributed by atoms with Crippen LogP contribution < -0.4 is 10.4 Å². The summed E-state index contributed by atoms with van der Waals surface area (Å²) in [4.78, 5) is 25.9. The van der Waals surface area contributed by atoms with Crippen molar-refractivity contribution in [1.29, 1.82) is 0 Å². The van der Waals surface area contributed by atoms with Gasteiger partial charge >= 0.3 is 0 Å². The van der Waals surface area contributed by atoms with E-state index in [0.29, 0.717) is 29.6 Å². The number of carbonyl (C=O) groups excluding carboxylic acids is 1. The SMILES string of the molecule is CC(C)C1=C(C(=O)N(CC[C@@H](CO[Si](C)(C)C(C)(C)C)O[Si](c2ccccc2)(c2ccccc2)C(C)(C)C)C(C)C)SC2=NC(C)(c3ccc(Cl)cc3)C(c3ccc(Cl)cc3)N21. The summed E-state index contributed by atoms with van der Waals surface area (Å²) in [5.41, 5.74) is 2.46. The minimum Gasteiger partial charge on any atom is -0.414 e. The topological polar surface area (TPSA) is 54.4 Å². The summed E-state index contributed by atoms with van der Waals surface area (Å²) in [5, 5.41) is 4.44. The second-order valence-corrected chi connectivity index (χ2v) is 31.1. The van der Waals surface area contributed by atoms with Gasteiger partial charge in [-0.05, 0) is 114 Å². The molecule has 2 heterocycles. The molecular weight excluding hydrogens is 862 g/mol. The zero-order valence-corrected chi connectivity index (χ0v) is 43.4. The Hall–Kier alpha value is -3.16. The zero-order chi connectivity index (χ0) is 45.4. The fourth-order valence-corrected chi connectivity index (χ4v) is 16.1. The smallest absolute Gasteiger partial charge is 0.262 e. The minimum atomic E-state index is -2.96. The van der Waals surface area contributed by atoms with Crippen LogP contribution in [0, 0.1) is 5.92 Å². The average molecular weight is 929 g/mol. The number of amides is 1. The van der Waals surface area contributed by atoms with Gasteiger partial charge in [0.05, 0.1) is 18.8 Å². The molecule has 0 fully saturated rings. The molecular formula is C51H67Cl2N3O3SSi2. The van der Waals surface area contributed by atoms with Gasteiger partial charge in [-0.2, -0.15) is 0 Å². The number of halogens is 2. The van der Waals surface area contributed by atoms with Crippen LogP contribution in [-0.2, 0) is 19.2 Å². The van der Waals surface area contributed by atoms with E-state index in [2.05, 4.69) is 179 Å². The Kier molecular flexibility index (Phi) is 14.6. The Balaban J connectivity index is 1.39. The summed E-state index contributed by atoms with van der Waals surface area (Å²) in [6.45, 7) is 30.1. The van der Waals surface area contributed by atoms with Gasteiger partial charge in [0.15, 0.2) is 13.5 Å². The van der Waals surface area contributed by atoms with Crippen molar-refractivity contribution in [3.63, 3.8) is 0 Å². The monoisotopic (exact) mass is 927 g/mol. The van der Waals surface area contributed by atoms with Gasteiger partial charge in [-0.25, -0.2) is 4.99 Å². The third kappa shape index (κ3) is 9.61. The number of hydrogen-bond acceptors (Lipinski definition) is 6. The molecule has 11 heteroatoms. The van der Waals surface area contributed by atoms with E-state index < -0.39 is 22.2 Å². The van der Waals surface area contributed by atoms with Crippen LogP contribution in [0.15, 0.2) is 125 Å². The van der Waals surface area contributed by atoms with Crippen molar-refractivity contribution in [2.75, 3.05) is 13.2 Å². The normalized spacial score (nSPS) is 19.0. The lowest BCUT2D eigenvalue weighted by atomic mass is 9.81. The summed E-state index contributed by atoms with van der Waals surface area (Å²) < 4.78 is 14.9. The summed E-state index contributed by atoms with van der Waals surface area (Å²) in [6.07, 6.45) is 0.339. The molecule has 6 nitrogen and oxygen atoms in total. The number of rotatable bonds is 15. The first kappa shape index (κ1) is 48.3. The fraction of sp³-hybridized carbons (Fsp3) is 0.451. The zero-order valence-electron chi connectivity index (χ0n) is 39.1. The average Bonchev–Trinajstić information content (AvgIpc) is 3.71. The van der Waals surface area contributed by atoms with Crippen molar-refractivity contribution < 1.29 is 13.6 Å². The summed E-state index contributed by atoms with van der Waals surface area (Å²) in [6, 6.07) is 37.3. The third-order valence-corrected chi connectivity index (χ3v) is 24.3. The van der Waals surface area contributed by atoms with Crippen molar-refractivity contribution in [2.24, 2.45) is 10.9 Å². The quantitative estimate of drug-likeness (QED) is 0.111. The standard InChI is InChI=1S/C51H67Cl2N3O3SSi2/c1-35(2)44-45(60-48-54-51(11,38-26-30-40(53)31-27-38)46(56(44)48)37-24-28-39(52)29-25-37)47(57)55(36(3)4)33-32-41(34-58-61(12,13)49(5,6)7)59-62(50(8,9)10,42-20-16-14-17-21-42)43-22-18-15-19-23-43/h14-31,35-36,41,46H,32-34H2,1-13H3/t41-,46?,51?/m0/s1. The number of nitrogens with zero attached hydrogens (tertiary/aromatic N) is 3. The maximum absolute atomic E-state index is 15.3. The minimum absolute atomic E-state index is 0.0170. The van der Waals surface area contributed by atoms with Crippen molar-refractivity contribution in [1.82, 2.24) is 9.80 Å². The van der Waals surface area contributed by atoms with Crippen molar-refractivity contribution in [3.05, 3.63) is 141 Å². The van der Waals surface area contributed by atoms with E-state index in [1.54, 1.807) is 0 Å². The van der Waals surface area contributed by atoms with Crippen LogP contribution in [0.3, 0.4) is 0 Å². The molecule has 2 aliphatic rings. The molecule has 6 rings (SSSR count). The molecule has 4 aromatic rings. The molecule has 0 aliphatic carbocycles. The number of hydrogen-bond donors (Lipinski definition) is 0. The van der Waals surface area contributed by atoms with Gasteiger partial charge in [-0.15, -0.1) is 0 Å². The van der Waals surface area contributed by atoms with Gasteiger partial charge in [0, 0.05) is 28.3 Å². The molecule has 0 bridgehead atoms. The van der Waals surface area contributed by atoms with E-state index in [-0.39, 0.29) is 40.1 Å². The second kappa shape index (κ2) is 18.7. The summed E-state index contributed by atoms with van der Waals surface area (Å²) in [5.74, 6) is 0.0538. The van der Waals surface area contributed by atoms with Gasteiger partial charge in [0.25, 0.3) is 14.2 Å². The van der Waals surface area contributed by atoms with E-state index in [0.717, 1.165) is 26.9 Å². The number of benzene rings is 4. The van der Waals surface area contributed by atoms with Crippen LogP contribution in [0.25, 0.3) is 0 Å². The predicted octanol–water partition coefficient (Wildman–Crippen LogP) is 12.8. The Bertz CT molecular complexity index is 2200. The van der Waals surface area contributed by atoms with E-state index in [4.69, 9.17) is 37.0 Å². The van der Waals surface area contributed by atoms with Gasteiger partial charge in [0.1, 0.15) is 10.4 Å². The number of carbonyl (C=O) groups is 1. The van der Waals surface area contributed by atoms with Gasteiger partial charge in [0.2, 0.25) is 0 Å². The highest BCUT2D eigenvalue weighted by molar-refractivity contribution is 8.18. The lowest BCUT2D eigenvalue weighted by Gasteiger charge is -2.46. The van der Waals surface area contributed by atoms with E-state index in [1.165, 1.54) is 22.1 Å². The molecule has 4 aromatic carbocycles. The van der Waals surface area contributed by atoms with Crippen molar-refractivity contribution >= 4 is 73.0 Å². The lowest BCUT2D eigenvalue weighted by Crippen LogP contribution is -2.68. The molecule has 0 saturated carbocycles. The van der Waals surface area contributed by atoms with Crippen LogP contribution in [0.4, 0.5) is 0 Å². The Labute approximate surface area is 388 Å². The first-order valence-electron chi connectivity index (χ1n) is 22.1.